The maximum Gasteiger partial charge on any atom is 0.0625 e. The van der Waals surface area contributed by atoms with Crippen molar-refractivity contribution < 1.29 is 17.1 Å². The monoisotopic (exact) mass is 444 g/mol. The number of unbranched alkanes of at least 4 members (excludes halogenated alkanes) is 8. The van der Waals surface area contributed by atoms with Crippen LogP contribution in [0.3, 0.4) is 0 Å². The minimum absolute atomic E-state index is 0. The summed E-state index contributed by atoms with van der Waals surface area (Å²) in [6, 6.07) is 0.598. The summed E-state index contributed by atoms with van der Waals surface area (Å²) in [4.78, 5) is 2.40. The minimum atomic E-state index is 0. The van der Waals surface area contributed by atoms with E-state index in [2.05, 4.69) is 25.9 Å². The van der Waals surface area contributed by atoms with Crippen LogP contribution in [-0.4, -0.2) is 37.7 Å². The van der Waals surface area contributed by atoms with E-state index >= 15 is 0 Å². The van der Waals surface area contributed by atoms with Gasteiger partial charge in [-0.3, -0.25) is 0 Å². The molecule has 30 heavy (non-hydrogen) atoms. The van der Waals surface area contributed by atoms with E-state index in [-0.39, 0.29) is 12.4 Å². The fourth-order valence-electron chi connectivity index (χ4n) is 4.72. The van der Waals surface area contributed by atoms with Crippen LogP contribution in [0, 0.1) is 0 Å². The molecule has 1 aliphatic rings. The van der Waals surface area contributed by atoms with Crippen molar-refractivity contribution >= 4 is 0 Å². The molecule has 0 aromatic carbocycles. The lowest BCUT2D eigenvalue weighted by Gasteiger charge is -2.27. The van der Waals surface area contributed by atoms with E-state index in [1.807, 2.05) is 0 Å². The predicted octanol–water partition coefficient (Wildman–Crippen LogP) is 5.53. The van der Waals surface area contributed by atoms with E-state index < -0.39 is 0 Å². The fourth-order valence-corrected chi connectivity index (χ4v) is 4.72. The summed E-state index contributed by atoms with van der Waals surface area (Å²) in [5.74, 6) is 0. The Morgan fingerprint density at radius 3 is 1.57 bits per heavy atom. The molecule has 0 bridgehead atoms. The van der Waals surface area contributed by atoms with Gasteiger partial charge in [0.1, 0.15) is 0 Å². The normalized spacial score (nSPS) is 18.4. The Kier molecular flexibility index (Phi) is 22.6. The first-order valence-corrected chi connectivity index (χ1v) is 13.5. The first-order chi connectivity index (χ1) is 14.2. The highest BCUT2D eigenvalue weighted by Crippen LogP contribution is 2.20. The fraction of sp³-hybridized carbons (Fsp3) is 1.00. The van der Waals surface area contributed by atoms with Gasteiger partial charge in [-0.2, -0.15) is 0 Å². The van der Waals surface area contributed by atoms with Gasteiger partial charge in [-0.15, -0.1) is 0 Å². The van der Waals surface area contributed by atoms with Gasteiger partial charge in [0.25, 0.3) is 0 Å². The highest BCUT2D eigenvalue weighted by Gasteiger charge is 2.16. The van der Waals surface area contributed by atoms with E-state index in [1.54, 1.807) is 0 Å². The minimum Gasteiger partial charge on any atom is -1.00 e. The Bertz CT molecular complexity index is 325. The molecule has 0 saturated heterocycles. The standard InChI is InChI=1S/C27H55NO.ClH/c1-4-5-6-7-8-10-13-16-19-22-26(28(2)3)25-29-27-23-20-17-14-11-9-12-15-18-21-24-27;/h26-27H,4-25H2,1-3H3;1H/p-1. The van der Waals surface area contributed by atoms with Crippen LogP contribution in [0.5, 0.6) is 0 Å². The largest absolute Gasteiger partial charge is 1.00 e. The van der Waals surface area contributed by atoms with Crippen LogP contribution in [0.4, 0.5) is 0 Å². The Balaban J connectivity index is 0.00000841. The molecule has 1 fully saturated rings. The molecule has 0 aromatic heterocycles. The van der Waals surface area contributed by atoms with Gasteiger partial charge in [-0.1, -0.05) is 122 Å². The van der Waals surface area contributed by atoms with Gasteiger partial charge in [0.2, 0.25) is 0 Å². The molecule has 1 aliphatic carbocycles. The van der Waals surface area contributed by atoms with Crippen molar-refractivity contribution in [3.05, 3.63) is 0 Å². The maximum atomic E-state index is 6.50. The van der Waals surface area contributed by atoms with Gasteiger partial charge < -0.3 is 22.0 Å². The van der Waals surface area contributed by atoms with Crippen LogP contribution in [-0.2, 0) is 4.74 Å². The van der Waals surface area contributed by atoms with Crippen LogP contribution >= 0.6 is 0 Å². The van der Waals surface area contributed by atoms with Crippen molar-refractivity contribution in [1.29, 1.82) is 0 Å². The molecule has 3 heteroatoms. The smallest absolute Gasteiger partial charge is 0.0625 e. The van der Waals surface area contributed by atoms with Gasteiger partial charge in [0.05, 0.1) is 12.7 Å². The molecule has 0 aromatic rings. The molecule has 0 spiro atoms. The molecule has 182 valence electrons. The van der Waals surface area contributed by atoms with Gasteiger partial charge >= 0.3 is 0 Å². The number of ether oxygens (including phenoxy) is 1. The summed E-state index contributed by atoms with van der Waals surface area (Å²) in [7, 11) is 4.48. The molecular formula is C27H55ClNO-. The number of hydrogen-bond acceptors (Lipinski definition) is 2. The summed E-state index contributed by atoms with van der Waals surface area (Å²) in [6.07, 6.45) is 29.9. The number of hydrogen-bond donors (Lipinski definition) is 0. The number of nitrogens with zero attached hydrogens (tertiary/aromatic N) is 1. The first-order valence-electron chi connectivity index (χ1n) is 13.5. The average molecular weight is 445 g/mol. The number of rotatable bonds is 14. The SMILES string of the molecule is CCCCCCCCCCCC(COC1CCCCCCCCCCC1)N(C)C.[Cl-]. The highest BCUT2D eigenvalue weighted by atomic mass is 35.5. The first kappa shape index (κ1) is 30.2. The molecule has 0 radical (unpaired) electrons. The third kappa shape index (κ3) is 17.8. The molecule has 1 rings (SSSR count). The molecule has 2 nitrogen and oxygen atoms in total. The zero-order valence-corrected chi connectivity index (χ0v) is 21.7. The summed E-state index contributed by atoms with van der Waals surface area (Å²) in [5, 5.41) is 0. The lowest BCUT2D eigenvalue weighted by Crippen LogP contribution is -3.00. The zero-order chi connectivity index (χ0) is 21.0. The van der Waals surface area contributed by atoms with E-state index in [9.17, 15) is 0 Å². The van der Waals surface area contributed by atoms with Crippen LogP contribution in [0.25, 0.3) is 0 Å². The van der Waals surface area contributed by atoms with Crippen molar-refractivity contribution in [3.8, 4) is 0 Å². The van der Waals surface area contributed by atoms with E-state index in [1.165, 1.54) is 135 Å². The Morgan fingerprint density at radius 1 is 0.667 bits per heavy atom. The summed E-state index contributed by atoms with van der Waals surface area (Å²) in [6.45, 7) is 3.24. The molecule has 1 unspecified atom stereocenters. The second-order valence-electron chi connectivity index (χ2n) is 9.95. The van der Waals surface area contributed by atoms with Crippen molar-refractivity contribution in [3.63, 3.8) is 0 Å². The third-order valence-electron chi connectivity index (χ3n) is 6.95. The maximum absolute atomic E-state index is 6.50. The van der Waals surface area contributed by atoms with Crippen molar-refractivity contribution in [1.82, 2.24) is 4.90 Å². The Labute approximate surface area is 196 Å². The quantitative estimate of drug-likeness (QED) is 0.326. The molecular weight excluding hydrogens is 390 g/mol. The summed E-state index contributed by atoms with van der Waals surface area (Å²) >= 11 is 0. The van der Waals surface area contributed by atoms with Crippen molar-refractivity contribution in [2.24, 2.45) is 0 Å². The second kappa shape index (κ2) is 22.4. The van der Waals surface area contributed by atoms with Crippen molar-refractivity contribution in [2.45, 2.75) is 154 Å². The van der Waals surface area contributed by atoms with Crippen molar-refractivity contribution in [2.75, 3.05) is 20.7 Å². The molecule has 0 N–H and O–H groups in total. The third-order valence-corrected chi connectivity index (χ3v) is 6.95. The number of halogens is 1. The Morgan fingerprint density at radius 2 is 1.10 bits per heavy atom. The van der Waals surface area contributed by atoms with E-state index in [0.29, 0.717) is 12.1 Å². The molecule has 1 atom stereocenters. The van der Waals surface area contributed by atoms with Gasteiger partial charge in [0, 0.05) is 6.04 Å². The lowest BCUT2D eigenvalue weighted by molar-refractivity contribution is -0.0000266. The molecule has 0 heterocycles. The van der Waals surface area contributed by atoms with Crippen LogP contribution in [0.1, 0.15) is 142 Å². The van der Waals surface area contributed by atoms with Gasteiger partial charge in [-0.05, 0) is 33.4 Å². The highest BCUT2D eigenvalue weighted by molar-refractivity contribution is 4.69. The molecule has 1 saturated carbocycles. The van der Waals surface area contributed by atoms with Crippen LogP contribution in [0.15, 0.2) is 0 Å². The van der Waals surface area contributed by atoms with E-state index in [0.717, 1.165) is 6.61 Å². The zero-order valence-electron chi connectivity index (χ0n) is 20.9. The predicted molar refractivity (Wildman–Crippen MR) is 130 cm³/mol. The summed E-state index contributed by atoms with van der Waals surface area (Å²) < 4.78 is 6.50. The molecule has 0 aliphatic heterocycles. The van der Waals surface area contributed by atoms with Crippen LogP contribution in [0.2, 0.25) is 0 Å². The van der Waals surface area contributed by atoms with E-state index in [4.69, 9.17) is 4.74 Å². The average Bonchev–Trinajstić information content (AvgIpc) is 2.70. The lowest BCUT2D eigenvalue weighted by atomic mass is 9.99. The topological polar surface area (TPSA) is 12.5 Å². The Hall–Kier alpha value is 0.210. The second-order valence-corrected chi connectivity index (χ2v) is 9.95. The van der Waals surface area contributed by atoms with Gasteiger partial charge in [0.15, 0.2) is 0 Å². The number of likely N-dealkylation sites (N-methyl/N-ethyl adjacent to an activating group) is 1. The van der Waals surface area contributed by atoms with Gasteiger partial charge in [-0.25, -0.2) is 0 Å². The van der Waals surface area contributed by atoms with Crippen LogP contribution < -0.4 is 12.4 Å². The summed E-state index contributed by atoms with van der Waals surface area (Å²) in [5.41, 5.74) is 0. The molecule has 0 amide bonds.